The molecule has 0 aromatic carbocycles. The van der Waals surface area contributed by atoms with Crippen molar-refractivity contribution in [3.05, 3.63) is 0 Å². The van der Waals surface area contributed by atoms with E-state index in [0.29, 0.717) is 6.42 Å². The molecule has 0 aromatic heterocycles. The van der Waals surface area contributed by atoms with Gasteiger partial charge in [-0.1, -0.05) is 39.0 Å². The molecule has 0 unspecified atom stereocenters. The number of rotatable bonds is 5. The Morgan fingerprint density at radius 1 is 1.22 bits per heavy atom. The molecule has 0 aromatic rings. The molecule has 104 valence electrons. The number of carboxylic acid groups (broad SMARTS) is 1. The largest absolute Gasteiger partial charge is 0.480 e. The predicted molar refractivity (Wildman–Crippen MR) is 69.5 cm³/mol. The molecule has 5 heteroatoms. The molecule has 0 saturated heterocycles. The van der Waals surface area contributed by atoms with Crippen LogP contribution in [0, 0.1) is 0 Å². The lowest BCUT2D eigenvalue weighted by molar-refractivity contribution is -0.139. The van der Waals surface area contributed by atoms with Gasteiger partial charge in [0.1, 0.15) is 6.04 Å². The average molecular weight is 256 g/mol. The third kappa shape index (κ3) is 5.38. The average Bonchev–Trinajstić information content (AvgIpc) is 2.57. The molecule has 5 nitrogen and oxygen atoms in total. The second-order valence-corrected chi connectivity index (χ2v) is 4.99. The Balaban J connectivity index is 2.36. The van der Waals surface area contributed by atoms with E-state index in [1.54, 1.807) is 0 Å². The van der Waals surface area contributed by atoms with Gasteiger partial charge in [-0.05, 0) is 19.3 Å². The van der Waals surface area contributed by atoms with E-state index < -0.39 is 12.0 Å². The Bertz CT molecular complexity index is 273. The van der Waals surface area contributed by atoms with E-state index in [2.05, 4.69) is 10.6 Å². The van der Waals surface area contributed by atoms with Crippen LogP contribution >= 0.6 is 0 Å². The smallest absolute Gasteiger partial charge is 0.326 e. The minimum atomic E-state index is -0.965. The SMILES string of the molecule is CCC[C@@H](NC(=O)NC1CCCCCC1)C(=O)O. The Morgan fingerprint density at radius 3 is 2.33 bits per heavy atom. The molecule has 0 heterocycles. The third-order valence-corrected chi connectivity index (χ3v) is 3.37. The first-order chi connectivity index (χ1) is 8.63. The molecule has 1 fully saturated rings. The Morgan fingerprint density at radius 2 is 1.83 bits per heavy atom. The quantitative estimate of drug-likeness (QED) is 0.660. The van der Waals surface area contributed by atoms with Gasteiger partial charge in [0.15, 0.2) is 0 Å². The van der Waals surface area contributed by atoms with E-state index in [9.17, 15) is 9.59 Å². The van der Waals surface area contributed by atoms with Crippen LogP contribution < -0.4 is 10.6 Å². The minimum absolute atomic E-state index is 0.198. The van der Waals surface area contributed by atoms with Gasteiger partial charge in [-0.2, -0.15) is 0 Å². The third-order valence-electron chi connectivity index (χ3n) is 3.37. The van der Waals surface area contributed by atoms with E-state index in [1.165, 1.54) is 12.8 Å². The maximum atomic E-state index is 11.7. The van der Waals surface area contributed by atoms with Gasteiger partial charge in [0.2, 0.25) is 0 Å². The van der Waals surface area contributed by atoms with Crippen molar-refractivity contribution in [3.63, 3.8) is 0 Å². The number of urea groups is 1. The van der Waals surface area contributed by atoms with Crippen LogP contribution in [0.25, 0.3) is 0 Å². The van der Waals surface area contributed by atoms with Crippen molar-refractivity contribution in [2.24, 2.45) is 0 Å². The highest BCUT2D eigenvalue weighted by molar-refractivity contribution is 5.82. The van der Waals surface area contributed by atoms with Gasteiger partial charge in [-0.25, -0.2) is 9.59 Å². The van der Waals surface area contributed by atoms with Gasteiger partial charge in [-0.3, -0.25) is 0 Å². The molecule has 2 amide bonds. The summed E-state index contributed by atoms with van der Waals surface area (Å²) in [6, 6.07) is -0.924. The summed E-state index contributed by atoms with van der Waals surface area (Å²) >= 11 is 0. The van der Waals surface area contributed by atoms with E-state index in [-0.39, 0.29) is 12.1 Å². The normalized spacial score (nSPS) is 18.7. The van der Waals surface area contributed by atoms with Crippen molar-refractivity contribution in [1.82, 2.24) is 10.6 Å². The van der Waals surface area contributed by atoms with Crippen LogP contribution in [0.5, 0.6) is 0 Å². The monoisotopic (exact) mass is 256 g/mol. The molecule has 1 saturated carbocycles. The van der Waals surface area contributed by atoms with Crippen LogP contribution in [0.4, 0.5) is 4.79 Å². The van der Waals surface area contributed by atoms with Gasteiger partial charge in [0.25, 0.3) is 0 Å². The first-order valence-corrected chi connectivity index (χ1v) is 6.93. The highest BCUT2D eigenvalue weighted by Crippen LogP contribution is 2.17. The summed E-state index contributed by atoms with van der Waals surface area (Å²) in [4.78, 5) is 22.7. The van der Waals surface area contributed by atoms with Crippen molar-refractivity contribution in [2.75, 3.05) is 0 Å². The zero-order valence-corrected chi connectivity index (χ0v) is 11.1. The fraction of sp³-hybridized carbons (Fsp3) is 0.846. The van der Waals surface area contributed by atoms with Crippen molar-refractivity contribution in [3.8, 4) is 0 Å². The summed E-state index contributed by atoms with van der Waals surface area (Å²) in [7, 11) is 0. The number of carboxylic acids is 1. The van der Waals surface area contributed by atoms with E-state index in [1.807, 2.05) is 6.92 Å². The lowest BCUT2D eigenvalue weighted by Gasteiger charge is -2.19. The zero-order valence-electron chi connectivity index (χ0n) is 11.1. The molecule has 18 heavy (non-hydrogen) atoms. The Labute approximate surface area is 108 Å². The number of hydrogen-bond acceptors (Lipinski definition) is 2. The van der Waals surface area contributed by atoms with Crippen molar-refractivity contribution in [2.45, 2.75) is 70.4 Å². The molecule has 3 N–H and O–H groups in total. The number of hydrogen-bond donors (Lipinski definition) is 3. The van der Waals surface area contributed by atoms with Crippen LogP contribution in [0.15, 0.2) is 0 Å². The number of carbonyl (C=O) groups is 2. The lowest BCUT2D eigenvalue weighted by atomic mass is 10.1. The summed E-state index contributed by atoms with van der Waals surface area (Å²) in [5.74, 6) is -0.965. The number of aliphatic carboxylic acids is 1. The summed E-state index contributed by atoms with van der Waals surface area (Å²) in [6.45, 7) is 1.90. The maximum Gasteiger partial charge on any atom is 0.326 e. The lowest BCUT2D eigenvalue weighted by Crippen LogP contribution is -2.48. The molecule has 0 aliphatic heterocycles. The zero-order chi connectivity index (χ0) is 13.4. The molecule has 0 bridgehead atoms. The molecule has 1 aliphatic carbocycles. The van der Waals surface area contributed by atoms with Gasteiger partial charge in [0.05, 0.1) is 0 Å². The molecule has 1 aliphatic rings. The molecule has 1 atom stereocenters. The van der Waals surface area contributed by atoms with Crippen molar-refractivity contribution < 1.29 is 14.7 Å². The standard InChI is InChI=1S/C13H24N2O3/c1-2-7-11(12(16)17)15-13(18)14-10-8-5-3-4-6-9-10/h10-11H,2-9H2,1H3,(H,16,17)(H2,14,15,18)/t11-/m1/s1. The van der Waals surface area contributed by atoms with Crippen LogP contribution in [-0.4, -0.2) is 29.2 Å². The molecule has 0 spiro atoms. The summed E-state index contributed by atoms with van der Waals surface area (Å²) in [5.41, 5.74) is 0. The molecule has 0 radical (unpaired) electrons. The second kappa shape index (κ2) is 7.95. The number of amides is 2. The summed E-state index contributed by atoms with van der Waals surface area (Å²) in [6.07, 6.45) is 7.94. The fourth-order valence-electron chi connectivity index (χ4n) is 2.36. The highest BCUT2D eigenvalue weighted by atomic mass is 16.4. The van der Waals surface area contributed by atoms with Gasteiger partial charge >= 0.3 is 12.0 Å². The van der Waals surface area contributed by atoms with Gasteiger partial charge in [-0.15, -0.1) is 0 Å². The first kappa shape index (κ1) is 14.8. The molecular formula is C13H24N2O3. The summed E-state index contributed by atoms with van der Waals surface area (Å²) in [5, 5.41) is 14.4. The van der Waals surface area contributed by atoms with E-state index in [0.717, 1.165) is 32.1 Å². The molecule has 1 rings (SSSR count). The Kier molecular flexibility index (Phi) is 6.54. The second-order valence-electron chi connectivity index (χ2n) is 4.99. The van der Waals surface area contributed by atoms with Crippen LogP contribution in [0.1, 0.15) is 58.3 Å². The number of carbonyl (C=O) groups excluding carboxylic acids is 1. The van der Waals surface area contributed by atoms with Crippen LogP contribution in [0.3, 0.4) is 0 Å². The topological polar surface area (TPSA) is 78.4 Å². The molecular weight excluding hydrogens is 232 g/mol. The Hall–Kier alpha value is -1.26. The van der Waals surface area contributed by atoms with Crippen LogP contribution in [0.2, 0.25) is 0 Å². The van der Waals surface area contributed by atoms with Gasteiger partial charge in [0, 0.05) is 6.04 Å². The minimum Gasteiger partial charge on any atom is -0.480 e. The summed E-state index contributed by atoms with van der Waals surface area (Å²) < 4.78 is 0. The fourth-order valence-corrected chi connectivity index (χ4v) is 2.36. The van der Waals surface area contributed by atoms with E-state index in [4.69, 9.17) is 5.11 Å². The highest BCUT2D eigenvalue weighted by Gasteiger charge is 2.20. The first-order valence-electron chi connectivity index (χ1n) is 6.93. The predicted octanol–water partition coefficient (Wildman–Crippen LogP) is 2.26. The van der Waals surface area contributed by atoms with Crippen LogP contribution in [-0.2, 0) is 4.79 Å². The van der Waals surface area contributed by atoms with Gasteiger partial charge < -0.3 is 15.7 Å². The van der Waals surface area contributed by atoms with Crippen molar-refractivity contribution in [1.29, 1.82) is 0 Å². The maximum absolute atomic E-state index is 11.7. The number of nitrogens with one attached hydrogen (secondary N) is 2. The van der Waals surface area contributed by atoms with Crippen molar-refractivity contribution >= 4 is 12.0 Å². The van der Waals surface area contributed by atoms with E-state index >= 15 is 0 Å².